The van der Waals surface area contributed by atoms with E-state index in [9.17, 15) is 0 Å². The topological polar surface area (TPSA) is 30.5 Å². The van der Waals surface area contributed by atoms with Crippen LogP contribution in [0.2, 0.25) is 0 Å². The largest absolute Gasteiger partial charge is 0.382 e. The van der Waals surface area contributed by atoms with Gasteiger partial charge < -0.3 is 14.8 Å². The van der Waals surface area contributed by atoms with E-state index < -0.39 is 0 Å². The second kappa shape index (κ2) is 9.76. The first-order valence-corrected chi connectivity index (χ1v) is 7.57. The summed E-state index contributed by atoms with van der Waals surface area (Å²) in [5, 5.41) is 3.52. The quantitative estimate of drug-likeness (QED) is 0.644. The molecule has 0 spiro atoms. The van der Waals surface area contributed by atoms with Crippen LogP contribution in [0.3, 0.4) is 0 Å². The van der Waals surface area contributed by atoms with Gasteiger partial charge in [-0.25, -0.2) is 0 Å². The van der Waals surface area contributed by atoms with E-state index in [0.717, 1.165) is 31.5 Å². The van der Waals surface area contributed by atoms with Gasteiger partial charge in [-0.3, -0.25) is 0 Å². The van der Waals surface area contributed by atoms with Gasteiger partial charge in [0.2, 0.25) is 0 Å². The summed E-state index contributed by atoms with van der Waals surface area (Å²) in [5.41, 5.74) is 0. The van der Waals surface area contributed by atoms with Crippen LogP contribution in [0.4, 0.5) is 0 Å². The first kappa shape index (κ1) is 15.9. The maximum Gasteiger partial charge on any atom is 0.0700 e. The van der Waals surface area contributed by atoms with Gasteiger partial charge in [0.25, 0.3) is 0 Å². The molecule has 3 heteroatoms. The molecule has 1 N–H and O–H groups in total. The van der Waals surface area contributed by atoms with Gasteiger partial charge in [0.1, 0.15) is 0 Å². The van der Waals surface area contributed by atoms with Crippen molar-refractivity contribution in [3.8, 4) is 0 Å². The summed E-state index contributed by atoms with van der Waals surface area (Å²) in [6, 6.07) is 0.623. The van der Waals surface area contributed by atoms with Gasteiger partial charge in [-0.1, -0.05) is 32.6 Å². The molecule has 1 fully saturated rings. The first-order valence-electron chi connectivity index (χ1n) is 7.57. The smallest absolute Gasteiger partial charge is 0.0700 e. The molecule has 0 aromatic heterocycles. The molecule has 1 rings (SSSR count). The van der Waals surface area contributed by atoms with Crippen LogP contribution >= 0.6 is 0 Å². The Morgan fingerprint density at radius 1 is 1.17 bits per heavy atom. The van der Waals surface area contributed by atoms with Crippen molar-refractivity contribution in [3.05, 3.63) is 0 Å². The Labute approximate surface area is 113 Å². The van der Waals surface area contributed by atoms with Gasteiger partial charge in [-0.05, 0) is 31.7 Å². The molecular weight excluding hydrogens is 226 g/mol. The van der Waals surface area contributed by atoms with Crippen LogP contribution in [0.25, 0.3) is 0 Å². The van der Waals surface area contributed by atoms with Crippen LogP contribution in [0, 0.1) is 11.8 Å². The Morgan fingerprint density at radius 3 is 2.61 bits per heavy atom. The van der Waals surface area contributed by atoms with E-state index in [1.165, 1.54) is 32.1 Å². The van der Waals surface area contributed by atoms with E-state index in [1.54, 1.807) is 7.11 Å². The fourth-order valence-corrected chi connectivity index (χ4v) is 3.30. The van der Waals surface area contributed by atoms with Crippen molar-refractivity contribution in [1.82, 2.24) is 5.32 Å². The Hall–Kier alpha value is -0.120. The van der Waals surface area contributed by atoms with Crippen molar-refractivity contribution in [1.29, 1.82) is 0 Å². The molecule has 0 aromatic rings. The maximum absolute atomic E-state index is 5.60. The fraction of sp³-hybridized carbons (Fsp3) is 1.00. The van der Waals surface area contributed by atoms with Crippen molar-refractivity contribution in [3.63, 3.8) is 0 Å². The van der Waals surface area contributed by atoms with Crippen LogP contribution in [0.15, 0.2) is 0 Å². The number of methoxy groups -OCH3 is 1. The summed E-state index contributed by atoms with van der Waals surface area (Å²) < 4.78 is 10.6. The molecule has 1 aliphatic rings. The van der Waals surface area contributed by atoms with Gasteiger partial charge in [-0.15, -0.1) is 0 Å². The highest BCUT2D eigenvalue weighted by Crippen LogP contribution is 2.35. The van der Waals surface area contributed by atoms with Crippen molar-refractivity contribution >= 4 is 0 Å². The molecule has 3 atom stereocenters. The van der Waals surface area contributed by atoms with E-state index in [-0.39, 0.29) is 0 Å². The predicted molar refractivity (Wildman–Crippen MR) is 75.9 cm³/mol. The molecule has 1 saturated carbocycles. The van der Waals surface area contributed by atoms with Crippen LogP contribution in [0.1, 0.15) is 45.4 Å². The Bertz CT molecular complexity index is 199. The Morgan fingerprint density at radius 2 is 1.94 bits per heavy atom. The van der Waals surface area contributed by atoms with Crippen molar-refractivity contribution in [2.24, 2.45) is 11.8 Å². The highest BCUT2D eigenvalue weighted by Gasteiger charge is 2.29. The SMILES string of the molecule is CCC1CCCCC1C(CCOCCOC)NC. The van der Waals surface area contributed by atoms with Gasteiger partial charge in [0.05, 0.1) is 13.2 Å². The zero-order chi connectivity index (χ0) is 13.2. The van der Waals surface area contributed by atoms with Crippen molar-refractivity contribution < 1.29 is 9.47 Å². The lowest BCUT2D eigenvalue weighted by Crippen LogP contribution is -2.40. The highest BCUT2D eigenvalue weighted by molar-refractivity contribution is 4.83. The van der Waals surface area contributed by atoms with E-state index in [4.69, 9.17) is 9.47 Å². The second-order valence-corrected chi connectivity index (χ2v) is 5.41. The van der Waals surface area contributed by atoms with E-state index in [0.29, 0.717) is 12.6 Å². The standard InChI is InChI=1S/C15H31NO2/c1-4-13-7-5-6-8-14(13)15(16-2)9-10-18-12-11-17-3/h13-16H,4-12H2,1-3H3. The third-order valence-corrected chi connectivity index (χ3v) is 4.38. The van der Waals surface area contributed by atoms with Crippen LogP contribution in [0.5, 0.6) is 0 Å². The molecule has 0 aliphatic heterocycles. The van der Waals surface area contributed by atoms with Crippen LogP contribution in [-0.2, 0) is 9.47 Å². The lowest BCUT2D eigenvalue weighted by Gasteiger charge is -2.36. The maximum atomic E-state index is 5.60. The molecule has 0 heterocycles. The molecule has 0 radical (unpaired) electrons. The Kier molecular flexibility index (Phi) is 8.64. The molecule has 0 amide bonds. The van der Waals surface area contributed by atoms with E-state index in [2.05, 4.69) is 19.3 Å². The molecule has 0 aromatic carbocycles. The number of hydrogen-bond acceptors (Lipinski definition) is 3. The minimum atomic E-state index is 0.623. The predicted octanol–water partition coefficient (Wildman–Crippen LogP) is 2.84. The molecule has 3 nitrogen and oxygen atoms in total. The van der Waals surface area contributed by atoms with Crippen LogP contribution in [-0.4, -0.2) is 40.0 Å². The van der Waals surface area contributed by atoms with Crippen molar-refractivity contribution in [2.75, 3.05) is 34.0 Å². The molecule has 0 saturated heterocycles. The summed E-state index contributed by atoms with van der Waals surface area (Å²) in [4.78, 5) is 0. The van der Waals surface area contributed by atoms with Gasteiger partial charge in [0, 0.05) is 19.8 Å². The number of hydrogen-bond donors (Lipinski definition) is 1. The lowest BCUT2D eigenvalue weighted by molar-refractivity contribution is 0.0580. The minimum absolute atomic E-state index is 0.623. The molecule has 1 aliphatic carbocycles. The first-order chi connectivity index (χ1) is 8.83. The second-order valence-electron chi connectivity index (χ2n) is 5.41. The summed E-state index contributed by atoms with van der Waals surface area (Å²) in [6.07, 6.45) is 8.10. The monoisotopic (exact) mass is 257 g/mol. The number of ether oxygens (including phenoxy) is 2. The molecular formula is C15H31NO2. The van der Waals surface area contributed by atoms with Gasteiger partial charge in [-0.2, -0.15) is 0 Å². The third-order valence-electron chi connectivity index (χ3n) is 4.38. The average Bonchev–Trinajstić information content (AvgIpc) is 2.43. The van der Waals surface area contributed by atoms with Gasteiger partial charge in [0.15, 0.2) is 0 Å². The fourth-order valence-electron chi connectivity index (χ4n) is 3.30. The van der Waals surface area contributed by atoms with Crippen molar-refractivity contribution in [2.45, 2.75) is 51.5 Å². The Balaban J connectivity index is 2.29. The summed E-state index contributed by atoms with van der Waals surface area (Å²) in [5.74, 6) is 1.76. The zero-order valence-corrected chi connectivity index (χ0v) is 12.4. The summed E-state index contributed by atoms with van der Waals surface area (Å²) in [7, 11) is 3.81. The minimum Gasteiger partial charge on any atom is -0.382 e. The third kappa shape index (κ3) is 5.25. The number of nitrogens with one attached hydrogen (secondary N) is 1. The normalized spacial score (nSPS) is 26.2. The molecule has 0 bridgehead atoms. The zero-order valence-electron chi connectivity index (χ0n) is 12.4. The molecule has 108 valence electrons. The highest BCUT2D eigenvalue weighted by atomic mass is 16.5. The lowest BCUT2D eigenvalue weighted by atomic mass is 9.73. The molecule has 3 unspecified atom stereocenters. The van der Waals surface area contributed by atoms with Gasteiger partial charge >= 0.3 is 0 Å². The molecule has 18 heavy (non-hydrogen) atoms. The average molecular weight is 257 g/mol. The number of rotatable bonds is 9. The van der Waals surface area contributed by atoms with Crippen LogP contribution < -0.4 is 5.32 Å². The summed E-state index contributed by atoms with van der Waals surface area (Å²) >= 11 is 0. The summed E-state index contributed by atoms with van der Waals surface area (Å²) in [6.45, 7) is 4.60. The van der Waals surface area contributed by atoms with E-state index >= 15 is 0 Å². The van der Waals surface area contributed by atoms with E-state index in [1.807, 2.05) is 0 Å².